The maximum Gasteiger partial charge on any atom is 0.257 e. The van der Waals surface area contributed by atoms with Gasteiger partial charge in [0.25, 0.3) is 5.91 Å². The molecule has 6 heteroatoms. The molecule has 0 radical (unpaired) electrons. The van der Waals surface area contributed by atoms with E-state index in [-0.39, 0.29) is 22.8 Å². The predicted octanol–water partition coefficient (Wildman–Crippen LogP) is 3.41. The highest BCUT2D eigenvalue weighted by molar-refractivity contribution is 7.80. The summed E-state index contributed by atoms with van der Waals surface area (Å²) in [6.07, 6.45) is 0. The van der Waals surface area contributed by atoms with Gasteiger partial charge in [-0.15, -0.1) is 0 Å². The summed E-state index contributed by atoms with van der Waals surface area (Å²) in [6.45, 7) is 3.65. The van der Waals surface area contributed by atoms with Crippen LogP contribution in [0.2, 0.25) is 0 Å². The van der Waals surface area contributed by atoms with Crippen molar-refractivity contribution in [2.24, 2.45) is 5.92 Å². The minimum absolute atomic E-state index is 0.0629. The van der Waals surface area contributed by atoms with Gasteiger partial charge in [0.05, 0.1) is 0 Å². The van der Waals surface area contributed by atoms with Gasteiger partial charge in [0.15, 0.2) is 5.11 Å². The van der Waals surface area contributed by atoms with E-state index in [9.17, 15) is 9.59 Å². The van der Waals surface area contributed by atoms with Crippen molar-refractivity contribution in [3.05, 3.63) is 60.2 Å². The smallest absolute Gasteiger partial charge is 0.257 e. The molecule has 2 aromatic rings. The normalized spacial score (nSPS) is 10.1. The Balaban J connectivity index is 1.97. The molecule has 0 atom stereocenters. The molecule has 124 valence electrons. The summed E-state index contributed by atoms with van der Waals surface area (Å²) in [7, 11) is 0. The second kappa shape index (κ2) is 8.21. The Hall–Kier alpha value is -2.73. The quantitative estimate of drug-likeness (QED) is 0.746. The van der Waals surface area contributed by atoms with Crippen LogP contribution < -0.4 is 16.0 Å². The second-order valence-corrected chi connectivity index (χ2v) is 5.91. The van der Waals surface area contributed by atoms with E-state index in [4.69, 9.17) is 12.2 Å². The van der Waals surface area contributed by atoms with Crippen molar-refractivity contribution < 1.29 is 9.59 Å². The van der Waals surface area contributed by atoms with Crippen LogP contribution in [0.1, 0.15) is 24.2 Å². The maximum absolute atomic E-state index is 12.0. The molecule has 0 aliphatic rings. The summed E-state index contributed by atoms with van der Waals surface area (Å²) in [5.41, 5.74) is 1.87. The number of nitrogens with one attached hydrogen (secondary N) is 3. The summed E-state index contributed by atoms with van der Waals surface area (Å²) in [4.78, 5) is 23.8. The van der Waals surface area contributed by atoms with Crippen molar-refractivity contribution in [2.75, 3.05) is 10.6 Å². The lowest BCUT2D eigenvalue weighted by atomic mass is 10.2. The van der Waals surface area contributed by atoms with Gasteiger partial charge in [0.1, 0.15) is 0 Å². The van der Waals surface area contributed by atoms with E-state index < -0.39 is 0 Å². The third kappa shape index (κ3) is 5.17. The molecule has 3 N–H and O–H groups in total. The highest BCUT2D eigenvalue weighted by atomic mass is 32.1. The van der Waals surface area contributed by atoms with E-state index in [1.807, 2.05) is 19.9 Å². The van der Waals surface area contributed by atoms with Gasteiger partial charge in [-0.1, -0.05) is 38.1 Å². The van der Waals surface area contributed by atoms with E-state index in [0.717, 1.165) is 0 Å². The molecule has 0 aromatic heterocycles. The molecule has 5 nitrogen and oxygen atoms in total. The van der Waals surface area contributed by atoms with Gasteiger partial charge in [-0.05, 0) is 42.5 Å². The average Bonchev–Trinajstić information content (AvgIpc) is 2.55. The number of anilines is 2. The van der Waals surface area contributed by atoms with E-state index in [0.29, 0.717) is 16.9 Å². The van der Waals surface area contributed by atoms with Crippen LogP contribution in [0.15, 0.2) is 54.6 Å². The van der Waals surface area contributed by atoms with E-state index >= 15 is 0 Å². The Morgan fingerprint density at radius 2 is 1.54 bits per heavy atom. The fraction of sp³-hybridized carbons (Fsp3) is 0.167. The fourth-order valence-corrected chi connectivity index (χ4v) is 2.10. The third-order valence-electron chi connectivity index (χ3n) is 3.18. The number of carbonyl (C=O) groups is 2. The van der Waals surface area contributed by atoms with Gasteiger partial charge in [-0.2, -0.15) is 0 Å². The van der Waals surface area contributed by atoms with Gasteiger partial charge >= 0.3 is 0 Å². The van der Waals surface area contributed by atoms with E-state index in [1.165, 1.54) is 0 Å². The third-order valence-corrected chi connectivity index (χ3v) is 3.38. The minimum Gasteiger partial charge on any atom is -0.332 e. The van der Waals surface area contributed by atoms with Crippen LogP contribution >= 0.6 is 12.2 Å². The standard InChI is InChI=1S/C18H19N3O2S/c1-12(2)16(22)19-14-9-6-10-15(11-14)20-18(24)21-17(23)13-7-4-3-5-8-13/h3-12H,1-2H3,(H,19,22)(H2,20,21,23,24). The predicted molar refractivity (Wildman–Crippen MR) is 100 cm³/mol. The molecule has 0 unspecified atom stereocenters. The molecule has 24 heavy (non-hydrogen) atoms. The van der Waals surface area contributed by atoms with Gasteiger partial charge in [-0.25, -0.2) is 0 Å². The Morgan fingerprint density at radius 1 is 0.917 bits per heavy atom. The summed E-state index contributed by atoms with van der Waals surface area (Å²) >= 11 is 5.15. The Morgan fingerprint density at radius 3 is 2.17 bits per heavy atom. The first-order valence-corrected chi connectivity index (χ1v) is 7.95. The van der Waals surface area contributed by atoms with Crippen LogP contribution in [-0.4, -0.2) is 16.9 Å². The van der Waals surface area contributed by atoms with Gasteiger partial charge in [-0.3, -0.25) is 14.9 Å². The molecule has 2 amide bonds. The summed E-state index contributed by atoms with van der Waals surface area (Å²) < 4.78 is 0. The molecule has 0 saturated heterocycles. The maximum atomic E-state index is 12.0. The van der Waals surface area contributed by atoms with Crippen molar-refractivity contribution in [1.29, 1.82) is 0 Å². The van der Waals surface area contributed by atoms with Crippen LogP contribution in [0.4, 0.5) is 11.4 Å². The molecule has 0 bridgehead atoms. The average molecular weight is 341 g/mol. The Kier molecular flexibility index (Phi) is 6.03. The van der Waals surface area contributed by atoms with Gasteiger partial charge < -0.3 is 10.6 Å². The van der Waals surface area contributed by atoms with Gasteiger partial charge in [0, 0.05) is 22.9 Å². The van der Waals surface area contributed by atoms with Crippen molar-refractivity contribution >= 4 is 40.5 Å². The molecule has 0 saturated carbocycles. The molecular weight excluding hydrogens is 322 g/mol. The number of amides is 2. The van der Waals surface area contributed by atoms with Crippen LogP contribution in [0.25, 0.3) is 0 Å². The lowest BCUT2D eigenvalue weighted by molar-refractivity contribution is -0.118. The number of thiocarbonyl (C=S) groups is 1. The number of hydrogen-bond acceptors (Lipinski definition) is 3. The number of benzene rings is 2. The Labute approximate surface area is 146 Å². The molecule has 2 aromatic carbocycles. The first kappa shape index (κ1) is 17.6. The number of hydrogen-bond donors (Lipinski definition) is 3. The topological polar surface area (TPSA) is 70.2 Å². The minimum atomic E-state index is -0.280. The summed E-state index contributed by atoms with van der Waals surface area (Å²) in [5, 5.41) is 8.55. The first-order chi connectivity index (χ1) is 11.5. The monoisotopic (exact) mass is 341 g/mol. The van der Waals surface area contributed by atoms with Crippen LogP contribution in [0.3, 0.4) is 0 Å². The van der Waals surface area contributed by atoms with Crippen molar-refractivity contribution in [3.8, 4) is 0 Å². The highest BCUT2D eigenvalue weighted by Gasteiger charge is 2.09. The number of rotatable bonds is 4. The summed E-state index contributed by atoms with van der Waals surface area (Å²) in [5.74, 6) is -0.447. The summed E-state index contributed by atoms with van der Waals surface area (Å²) in [6, 6.07) is 16.0. The second-order valence-electron chi connectivity index (χ2n) is 5.50. The van der Waals surface area contributed by atoms with E-state index in [1.54, 1.807) is 48.5 Å². The zero-order chi connectivity index (χ0) is 17.5. The van der Waals surface area contributed by atoms with Crippen molar-refractivity contribution in [1.82, 2.24) is 5.32 Å². The Bertz CT molecular complexity index is 745. The molecule has 0 spiro atoms. The zero-order valence-corrected chi connectivity index (χ0v) is 14.3. The molecule has 0 fully saturated rings. The van der Waals surface area contributed by atoms with Crippen molar-refractivity contribution in [2.45, 2.75) is 13.8 Å². The van der Waals surface area contributed by atoms with Crippen LogP contribution in [0.5, 0.6) is 0 Å². The lowest BCUT2D eigenvalue weighted by Gasteiger charge is -2.12. The van der Waals surface area contributed by atoms with Gasteiger partial charge in [0.2, 0.25) is 5.91 Å². The molecule has 0 aliphatic carbocycles. The highest BCUT2D eigenvalue weighted by Crippen LogP contribution is 2.16. The fourth-order valence-electron chi connectivity index (χ4n) is 1.89. The zero-order valence-electron chi connectivity index (χ0n) is 13.5. The molecule has 0 heterocycles. The van der Waals surface area contributed by atoms with Crippen molar-refractivity contribution in [3.63, 3.8) is 0 Å². The molecule has 2 rings (SSSR count). The lowest BCUT2D eigenvalue weighted by Crippen LogP contribution is -2.34. The van der Waals surface area contributed by atoms with E-state index in [2.05, 4.69) is 16.0 Å². The largest absolute Gasteiger partial charge is 0.332 e. The number of carbonyl (C=O) groups excluding carboxylic acids is 2. The molecular formula is C18H19N3O2S. The SMILES string of the molecule is CC(C)C(=O)Nc1cccc(NC(=S)NC(=O)c2ccccc2)c1. The molecule has 0 aliphatic heterocycles. The first-order valence-electron chi connectivity index (χ1n) is 7.54. The van der Waals surface area contributed by atoms with Crippen LogP contribution in [0, 0.1) is 5.92 Å². The van der Waals surface area contributed by atoms with Crippen LogP contribution in [-0.2, 0) is 4.79 Å².